The van der Waals surface area contributed by atoms with Gasteiger partial charge >= 0.3 is 12.1 Å². The van der Waals surface area contributed by atoms with Gasteiger partial charge < -0.3 is 4.74 Å². The number of halogens is 5. The summed E-state index contributed by atoms with van der Waals surface area (Å²) in [6.07, 6.45) is -2.72. The largest absolute Gasteiger partial charge is 0.426 e. The predicted molar refractivity (Wildman–Crippen MR) is 75.2 cm³/mol. The molecule has 1 saturated carbocycles. The molecule has 0 amide bonds. The minimum Gasteiger partial charge on any atom is -0.426 e. The number of nitrogens with zero attached hydrogens (tertiary/aromatic N) is 1. The van der Waals surface area contributed by atoms with Gasteiger partial charge in [-0.3, -0.25) is 4.79 Å². The van der Waals surface area contributed by atoms with Gasteiger partial charge in [-0.2, -0.15) is 17.6 Å². The number of hydrogen-bond acceptors (Lipinski definition) is 3. The van der Waals surface area contributed by atoms with Crippen molar-refractivity contribution in [2.24, 2.45) is 16.7 Å². The second-order valence-corrected chi connectivity index (χ2v) is 6.53. The number of carbonyl (C=O) groups is 1. The number of allylic oxidation sites excluding steroid dienone is 2. The topological polar surface area (TPSA) is 39.2 Å². The first-order valence-corrected chi connectivity index (χ1v) is 7.07. The monoisotopic (exact) mass is 351 g/mol. The number of hydrogen-bond donors (Lipinski definition) is 0. The lowest BCUT2D eigenvalue weighted by molar-refractivity contribution is -0.141. The van der Waals surface area contributed by atoms with Crippen LogP contribution in [0.4, 0.5) is 17.6 Å². The zero-order valence-electron chi connectivity index (χ0n) is 12.5. The molecule has 0 saturated heterocycles. The Balaban J connectivity index is 2.22. The molecule has 0 bridgehead atoms. The van der Waals surface area contributed by atoms with Crippen LogP contribution in [0.5, 0.6) is 5.75 Å². The molecule has 0 radical (unpaired) electrons. The van der Waals surface area contributed by atoms with Gasteiger partial charge in [-0.15, -0.1) is 0 Å². The molecular formula is C15H14ClF4NO2. The molecule has 1 heterocycles. The molecule has 0 spiro atoms. The Morgan fingerprint density at radius 2 is 2.00 bits per heavy atom. The maximum Gasteiger partial charge on any atom is 0.426 e. The van der Waals surface area contributed by atoms with Gasteiger partial charge in [0.2, 0.25) is 5.95 Å². The van der Waals surface area contributed by atoms with Crippen molar-refractivity contribution >= 4 is 17.6 Å². The van der Waals surface area contributed by atoms with Crippen LogP contribution in [-0.2, 0) is 4.79 Å². The fourth-order valence-electron chi connectivity index (χ4n) is 2.69. The standard InChI is InChI=1S/C15H14ClF4NO2/c1-13(2)9(7-10(16)15(18,19)20)14(13,3)12(22)23-8-4-5-21-11(17)6-8/h4-7,9H,1-3H3. The van der Waals surface area contributed by atoms with Crippen LogP contribution < -0.4 is 4.74 Å². The summed E-state index contributed by atoms with van der Waals surface area (Å²) in [7, 11) is 0. The molecule has 1 aliphatic rings. The van der Waals surface area contributed by atoms with E-state index in [-0.39, 0.29) is 5.75 Å². The van der Waals surface area contributed by atoms with Crippen molar-refractivity contribution in [3.05, 3.63) is 35.4 Å². The molecule has 3 nitrogen and oxygen atoms in total. The maximum absolute atomic E-state index is 13.0. The van der Waals surface area contributed by atoms with E-state index in [1.165, 1.54) is 13.0 Å². The Hall–Kier alpha value is -1.63. The van der Waals surface area contributed by atoms with E-state index in [9.17, 15) is 22.4 Å². The molecule has 2 unspecified atom stereocenters. The first-order chi connectivity index (χ1) is 10.4. The lowest BCUT2D eigenvalue weighted by Crippen LogP contribution is -2.24. The van der Waals surface area contributed by atoms with Gasteiger partial charge in [0.15, 0.2) is 0 Å². The van der Waals surface area contributed by atoms with E-state index in [4.69, 9.17) is 16.3 Å². The van der Waals surface area contributed by atoms with Crippen molar-refractivity contribution < 1.29 is 27.1 Å². The number of ether oxygens (including phenoxy) is 1. The van der Waals surface area contributed by atoms with Gasteiger partial charge in [0.25, 0.3) is 0 Å². The third-order valence-corrected chi connectivity index (χ3v) is 4.91. The minimum atomic E-state index is -4.67. The lowest BCUT2D eigenvalue weighted by Gasteiger charge is -2.13. The van der Waals surface area contributed by atoms with E-state index < -0.39 is 39.9 Å². The highest BCUT2D eigenvalue weighted by molar-refractivity contribution is 6.30. The molecule has 8 heteroatoms. The van der Waals surface area contributed by atoms with Crippen LogP contribution in [0.25, 0.3) is 0 Å². The van der Waals surface area contributed by atoms with Gasteiger partial charge in [0.1, 0.15) is 10.8 Å². The van der Waals surface area contributed by atoms with Gasteiger partial charge in [-0.05, 0) is 18.4 Å². The molecule has 0 aromatic carbocycles. The second-order valence-electron chi connectivity index (χ2n) is 6.12. The first-order valence-electron chi connectivity index (χ1n) is 6.69. The van der Waals surface area contributed by atoms with Gasteiger partial charge in [-0.1, -0.05) is 31.5 Å². The van der Waals surface area contributed by atoms with E-state index >= 15 is 0 Å². The molecule has 2 atom stereocenters. The summed E-state index contributed by atoms with van der Waals surface area (Å²) >= 11 is 5.26. The quantitative estimate of drug-likeness (QED) is 0.458. The number of rotatable bonds is 3. The summed E-state index contributed by atoms with van der Waals surface area (Å²) in [6, 6.07) is 2.21. The Morgan fingerprint density at radius 1 is 1.39 bits per heavy atom. The molecule has 1 fully saturated rings. The summed E-state index contributed by atoms with van der Waals surface area (Å²) in [5, 5.41) is -1.28. The summed E-state index contributed by atoms with van der Waals surface area (Å²) in [5.41, 5.74) is -1.97. The average Bonchev–Trinajstić information content (AvgIpc) is 2.84. The molecule has 1 aromatic heterocycles. The summed E-state index contributed by atoms with van der Waals surface area (Å²) in [4.78, 5) is 15.7. The van der Waals surface area contributed by atoms with Crippen LogP contribution >= 0.6 is 11.6 Å². The maximum atomic E-state index is 13.0. The average molecular weight is 352 g/mol. The Bertz CT molecular complexity index is 672. The fourth-order valence-corrected chi connectivity index (χ4v) is 2.82. The third-order valence-electron chi connectivity index (χ3n) is 4.57. The van der Waals surface area contributed by atoms with Crippen molar-refractivity contribution in [2.45, 2.75) is 26.9 Å². The highest BCUT2D eigenvalue weighted by Crippen LogP contribution is 2.70. The van der Waals surface area contributed by atoms with Crippen LogP contribution in [-0.4, -0.2) is 17.1 Å². The first kappa shape index (κ1) is 17.7. The van der Waals surface area contributed by atoms with E-state index in [0.29, 0.717) is 0 Å². The molecule has 126 valence electrons. The van der Waals surface area contributed by atoms with Crippen molar-refractivity contribution in [3.63, 3.8) is 0 Å². The van der Waals surface area contributed by atoms with Crippen molar-refractivity contribution in [1.29, 1.82) is 0 Å². The second kappa shape index (κ2) is 5.47. The van der Waals surface area contributed by atoms with Crippen LogP contribution in [0.1, 0.15) is 20.8 Å². The number of esters is 1. The minimum absolute atomic E-state index is 0.0592. The molecule has 23 heavy (non-hydrogen) atoms. The fraction of sp³-hybridized carbons (Fsp3) is 0.467. The summed E-state index contributed by atoms with van der Waals surface area (Å²) in [6.45, 7) is 4.78. The number of carbonyl (C=O) groups excluding carboxylic acids is 1. The normalized spacial score (nSPS) is 26.8. The van der Waals surface area contributed by atoms with Gasteiger partial charge in [-0.25, -0.2) is 4.98 Å². The lowest BCUT2D eigenvalue weighted by atomic mass is 9.98. The number of aromatic nitrogens is 1. The summed E-state index contributed by atoms with van der Waals surface area (Å²) in [5.74, 6) is -2.38. The zero-order valence-corrected chi connectivity index (χ0v) is 13.3. The summed E-state index contributed by atoms with van der Waals surface area (Å²) < 4.78 is 55.8. The predicted octanol–water partition coefficient (Wildman–Crippen LogP) is 4.47. The molecule has 0 N–H and O–H groups in total. The highest BCUT2D eigenvalue weighted by Gasteiger charge is 2.72. The van der Waals surface area contributed by atoms with Crippen molar-refractivity contribution in [2.75, 3.05) is 0 Å². The third kappa shape index (κ3) is 3.06. The van der Waals surface area contributed by atoms with Crippen LogP contribution in [0, 0.1) is 22.7 Å². The molecule has 2 rings (SSSR count). The van der Waals surface area contributed by atoms with Crippen LogP contribution in [0.3, 0.4) is 0 Å². The van der Waals surface area contributed by atoms with E-state index in [1.807, 2.05) is 0 Å². The molecule has 1 aromatic rings. The number of alkyl halides is 3. The SMILES string of the molecule is CC1(C)C(C=C(Cl)C(F)(F)F)C1(C)C(=O)Oc1ccnc(F)c1. The Kier molecular flexibility index (Phi) is 4.22. The van der Waals surface area contributed by atoms with E-state index in [1.54, 1.807) is 13.8 Å². The smallest absolute Gasteiger partial charge is 0.426 e. The highest BCUT2D eigenvalue weighted by atomic mass is 35.5. The van der Waals surface area contributed by atoms with Crippen LogP contribution in [0.15, 0.2) is 29.4 Å². The zero-order chi connectivity index (χ0) is 17.6. The Labute approximate surface area is 135 Å². The van der Waals surface area contributed by atoms with Crippen LogP contribution in [0.2, 0.25) is 0 Å². The molecular weight excluding hydrogens is 338 g/mol. The van der Waals surface area contributed by atoms with Gasteiger partial charge in [0, 0.05) is 18.2 Å². The molecule has 1 aliphatic carbocycles. The number of pyridine rings is 1. The van der Waals surface area contributed by atoms with E-state index in [2.05, 4.69) is 4.98 Å². The van der Waals surface area contributed by atoms with E-state index in [0.717, 1.165) is 18.3 Å². The van der Waals surface area contributed by atoms with Crippen molar-refractivity contribution in [1.82, 2.24) is 4.98 Å². The molecule has 0 aliphatic heterocycles. The van der Waals surface area contributed by atoms with Crippen molar-refractivity contribution in [3.8, 4) is 5.75 Å². The van der Waals surface area contributed by atoms with Gasteiger partial charge in [0.05, 0.1) is 5.41 Å². The Morgan fingerprint density at radius 3 is 2.52 bits per heavy atom.